The third-order valence-corrected chi connectivity index (χ3v) is 5.98. The Morgan fingerprint density at radius 2 is 1.94 bits per heavy atom. The van der Waals surface area contributed by atoms with Gasteiger partial charge < -0.3 is 19.5 Å². The number of nitrogens with zero attached hydrogens (tertiary/aromatic N) is 6. The molecular formula is C22H32IN7O. The van der Waals surface area contributed by atoms with Crippen LogP contribution in [0, 0.1) is 6.92 Å². The molecule has 1 atom stereocenters. The van der Waals surface area contributed by atoms with E-state index in [0.717, 1.165) is 61.5 Å². The quantitative estimate of drug-likeness (QED) is 0.264. The molecule has 2 aliphatic rings. The van der Waals surface area contributed by atoms with Gasteiger partial charge in [0, 0.05) is 39.3 Å². The lowest BCUT2D eigenvalue weighted by atomic mass is 10.2. The Kier molecular flexibility index (Phi) is 8.30. The molecule has 1 N–H and O–H groups in total. The van der Waals surface area contributed by atoms with Gasteiger partial charge in [0.1, 0.15) is 11.6 Å². The highest BCUT2D eigenvalue weighted by Gasteiger charge is 2.29. The number of hydrogen-bond acceptors (Lipinski definition) is 5. The van der Waals surface area contributed by atoms with Crippen molar-refractivity contribution in [2.24, 2.45) is 12.0 Å². The number of rotatable bonds is 6. The number of halogens is 1. The molecule has 4 rings (SSSR count). The highest BCUT2D eigenvalue weighted by Crippen LogP contribution is 2.19. The van der Waals surface area contributed by atoms with Crippen LogP contribution in [0.15, 0.2) is 41.4 Å². The van der Waals surface area contributed by atoms with E-state index in [0.29, 0.717) is 19.1 Å². The number of likely N-dealkylation sites (tertiary alicyclic amines) is 1. The van der Waals surface area contributed by atoms with Crippen molar-refractivity contribution in [3.05, 3.63) is 53.6 Å². The van der Waals surface area contributed by atoms with Crippen LogP contribution in [-0.2, 0) is 20.1 Å². The molecule has 0 spiro atoms. The van der Waals surface area contributed by atoms with Gasteiger partial charge in [-0.1, -0.05) is 24.3 Å². The number of aromatic nitrogens is 3. The van der Waals surface area contributed by atoms with Crippen molar-refractivity contribution in [2.45, 2.75) is 32.5 Å². The van der Waals surface area contributed by atoms with E-state index < -0.39 is 0 Å². The minimum absolute atomic E-state index is 0. The molecule has 0 aliphatic carbocycles. The number of nitrogens with one attached hydrogen (secondary N) is 1. The lowest BCUT2D eigenvalue weighted by molar-refractivity contribution is 0.259. The number of aryl methyl sites for hydroxylation is 1. The smallest absolute Gasteiger partial charge is 0.194 e. The Hall–Kier alpha value is -2.14. The zero-order valence-corrected chi connectivity index (χ0v) is 20.8. The second-order valence-electron chi connectivity index (χ2n) is 7.88. The molecule has 1 saturated heterocycles. The van der Waals surface area contributed by atoms with Crippen LogP contribution in [-0.4, -0.2) is 69.9 Å². The minimum Gasteiger partial charge on any atom is -0.497 e. The van der Waals surface area contributed by atoms with E-state index in [4.69, 9.17) is 9.73 Å². The Bertz CT molecular complexity index is 901. The second kappa shape index (κ2) is 10.9. The third kappa shape index (κ3) is 5.76. The van der Waals surface area contributed by atoms with Crippen LogP contribution in [0.4, 0.5) is 0 Å². The molecule has 8 nitrogen and oxygen atoms in total. The van der Waals surface area contributed by atoms with Gasteiger partial charge in [-0.3, -0.25) is 4.90 Å². The van der Waals surface area contributed by atoms with Crippen LogP contribution in [0.2, 0.25) is 0 Å². The van der Waals surface area contributed by atoms with E-state index >= 15 is 0 Å². The zero-order valence-electron chi connectivity index (χ0n) is 18.5. The molecular weight excluding hydrogens is 505 g/mol. The first kappa shape index (κ1) is 23.5. The normalized spacial score (nSPS) is 19.0. The summed E-state index contributed by atoms with van der Waals surface area (Å²) >= 11 is 0. The maximum atomic E-state index is 5.26. The fourth-order valence-corrected chi connectivity index (χ4v) is 3.95. The molecule has 2 aromatic rings. The van der Waals surface area contributed by atoms with Crippen LogP contribution >= 0.6 is 24.0 Å². The highest BCUT2D eigenvalue weighted by atomic mass is 127. The summed E-state index contributed by atoms with van der Waals surface area (Å²) in [4.78, 5) is 9.85. The highest BCUT2D eigenvalue weighted by molar-refractivity contribution is 14.0. The van der Waals surface area contributed by atoms with Crippen molar-refractivity contribution in [3.63, 3.8) is 0 Å². The van der Waals surface area contributed by atoms with Gasteiger partial charge in [-0.2, -0.15) is 0 Å². The van der Waals surface area contributed by atoms with Crippen molar-refractivity contribution in [1.82, 2.24) is 29.9 Å². The second-order valence-corrected chi connectivity index (χ2v) is 7.88. The predicted molar refractivity (Wildman–Crippen MR) is 133 cm³/mol. The molecule has 9 heteroatoms. The summed E-state index contributed by atoms with van der Waals surface area (Å²) in [6.45, 7) is 7.30. The van der Waals surface area contributed by atoms with E-state index in [2.05, 4.69) is 49.6 Å². The fourth-order valence-electron chi connectivity index (χ4n) is 3.95. The summed E-state index contributed by atoms with van der Waals surface area (Å²) in [5, 5.41) is 12.0. The van der Waals surface area contributed by atoms with E-state index in [-0.39, 0.29) is 24.0 Å². The number of benzene rings is 1. The molecule has 0 radical (unpaired) electrons. The van der Waals surface area contributed by atoms with Gasteiger partial charge in [0.25, 0.3) is 0 Å². The molecule has 1 aromatic heterocycles. The van der Waals surface area contributed by atoms with Gasteiger partial charge in [-0.25, -0.2) is 4.99 Å². The number of aliphatic imine (C=N–C) groups is 1. The summed E-state index contributed by atoms with van der Waals surface area (Å²) < 4.78 is 7.27. The van der Waals surface area contributed by atoms with Crippen molar-refractivity contribution >= 4 is 29.9 Å². The molecule has 0 amide bonds. The maximum Gasteiger partial charge on any atom is 0.194 e. The Balaban J connectivity index is 0.00000272. The first-order chi connectivity index (χ1) is 14.6. The first-order valence-corrected chi connectivity index (χ1v) is 10.5. The van der Waals surface area contributed by atoms with Gasteiger partial charge in [0.15, 0.2) is 11.8 Å². The summed E-state index contributed by atoms with van der Waals surface area (Å²) in [7, 11) is 3.68. The Labute approximate surface area is 201 Å². The number of methoxy groups -OCH3 is 1. The lowest BCUT2D eigenvalue weighted by Crippen LogP contribution is -2.43. The molecule has 1 unspecified atom stereocenters. The van der Waals surface area contributed by atoms with Crippen molar-refractivity contribution in [1.29, 1.82) is 0 Å². The fraction of sp³-hybridized carbons (Fsp3) is 0.500. The van der Waals surface area contributed by atoms with Crippen LogP contribution in [0.25, 0.3) is 0 Å². The Morgan fingerprint density at radius 1 is 1.19 bits per heavy atom. The molecule has 2 aliphatic heterocycles. The van der Waals surface area contributed by atoms with Crippen LogP contribution < -0.4 is 10.1 Å². The average molecular weight is 537 g/mol. The summed E-state index contributed by atoms with van der Waals surface area (Å²) in [5.41, 5.74) is 1.16. The van der Waals surface area contributed by atoms with E-state index in [9.17, 15) is 0 Å². The number of hydrogen-bond donors (Lipinski definition) is 1. The van der Waals surface area contributed by atoms with E-state index in [1.807, 2.05) is 30.7 Å². The van der Waals surface area contributed by atoms with E-state index in [1.165, 1.54) is 0 Å². The average Bonchev–Trinajstić information content (AvgIpc) is 3.52. The first-order valence-electron chi connectivity index (χ1n) is 10.5. The predicted octanol–water partition coefficient (Wildman–Crippen LogP) is 2.34. The van der Waals surface area contributed by atoms with Gasteiger partial charge in [0.2, 0.25) is 0 Å². The minimum atomic E-state index is 0. The standard InChI is InChI=1S/C22H31N7O.HI/c1-17-25-26-21(27(17)2)15-24-22(23-14-18-6-8-20(30-3)9-7-18)29-13-10-19(16-29)28-11-4-5-12-28;/h4-9,19H,10-16H2,1-3H3,(H,23,24);1H. The number of ether oxygens (including phenoxy) is 1. The lowest BCUT2D eigenvalue weighted by Gasteiger charge is -2.25. The SMILES string of the molecule is COc1ccc(CN=C(NCc2nnc(C)n2C)N2CCC(N3CC=CC3)C2)cc1.I. The molecule has 1 aromatic carbocycles. The van der Waals surface area contributed by atoms with Crippen LogP contribution in [0.5, 0.6) is 5.75 Å². The summed E-state index contributed by atoms with van der Waals surface area (Å²) in [6.07, 6.45) is 5.68. The molecule has 168 valence electrons. The zero-order chi connectivity index (χ0) is 20.9. The van der Waals surface area contributed by atoms with Crippen LogP contribution in [0.1, 0.15) is 23.6 Å². The molecule has 31 heavy (non-hydrogen) atoms. The van der Waals surface area contributed by atoms with Gasteiger partial charge in [-0.15, -0.1) is 34.2 Å². The summed E-state index contributed by atoms with van der Waals surface area (Å²) in [5.74, 6) is 3.61. The van der Waals surface area contributed by atoms with Gasteiger partial charge >= 0.3 is 0 Å². The molecule has 3 heterocycles. The molecule has 0 saturated carbocycles. The topological polar surface area (TPSA) is 70.8 Å². The van der Waals surface area contributed by atoms with Crippen molar-refractivity contribution in [2.75, 3.05) is 33.3 Å². The molecule has 0 bridgehead atoms. The molecule has 1 fully saturated rings. The van der Waals surface area contributed by atoms with Gasteiger partial charge in [0.05, 0.1) is 20.2 Å². The van der Waals surface area contributed by atoms with Crippen LogP contribution in [0.3, 0.4) is 0 Å². The monoisotopic (exact) mass is 537 g/mol. The number of guanidine groups is 1. The summed E-state index contributed by atoms with van der Waals surface area (Å²) in [6, 6.07) is 8.66. The van der Waals surface area contributed by atoms with E-state index in [1.54, 1.807) is 7.11 Å². The van der Waals surface area contributed by atoms with Crippen molar-refractivity contribution in [3.8, 4) is 5.75 Å². The third-order valence-electron chi connectivity index (χ3n) is 5.98. The largest absolute Gasteiger partial charge is 0.497 e. The van der Waals surface area contributed by atoms with Gasteiger partial charge in [-0.05, 0) is 31.0 Å². The maximum absolute atomic E-state index is 5.26. The van der Waals surface area contributed by atoms with Crippen molar-refractivity contribution < 1.29 is 4.74 Å². The Morgan fingerprint density at radius 3 is 2.58 bits per heavy atom.